The normalized spacial score (nSPS) is 16.1. The molecule has 1 heterocycles. The molecular formula is C16H21F3N2O2. The molecule has 1 aromatic carbocycles. The first-order chi connectivity index (χ1) is 10.9. The van der Waals surface area contributed by atoms with Gasteiger partial charge in [0.15, 0.2) is 0 Å². The van der Waals surface area contributed by atoms with E-state index >= 15 is 0 Å². The fourth-order valence-corrected chi connectivity index (χ4v) is 2.72. The topological polar surface area (TPSA) is 41.6 Å². The predicted octanol–water partition coefficient (Wildman–Crippen LogP) is 3.67. The maximum Gasteiger partial charge on any atom is 0.416 e. The number of amides is 1. The van der Waals surface area contributed by atoms with Crippen LogP contribution in [0.1, 0.15) is 31.2 Å². The van der Waals surface area contributed by atoms with Crippen molar-refractivity contribution in [1.82, 2.24) is 0 Å². The van der Waals surface area contributed by atoms with Gasteiger partial charge < -0.3 is 15.0 Å². The van der Waals surface area contributed by atoms with Crippen LogP contribution in [0.2, 0.25) is 0 Å². The van der Waals surface area contributed by atoms with Gasteiger partial charge in [-0.2, -0.15) is 13.2 Å². The highest BCUT2D eigenvalue weighted by molar-refractivity contribution is 5.95. The number of alkyl halides is 3. The van der Waals surface area contributed by atoms with Crippen LogP contribution in [0, 0.1) is 0 Å². The number of halogens is 3. The average molecular weight is 330 g/mol. The van der Waals surface area contributed by atoms with Crippen LogP contribution in [0.5, 0.6) is 0 Å². The smallest absolute Gasteiger partial charge is 0.375 e. The lowest BCUT2D eigenvalue weighted by molar-refractivity contribution is -0.137. The summed E-state index contributed by atoms with van der Waals surface area (Å²) in [6.07, 6.45) is -0.234. The Bertz CT molecular complexity index is 539. The van der Waals surface area contributed by atoms with E-state index in [0.717, 1.165) is 50.9 Å². The maximum atomic E-state index is 12.9. The third-order valence-electron chi connectivity index (χ3n) is 3.82. The monoisotopic (exact) mass is 330 g/mol. The summed E-state index contributed by atoms with van der Waals surface area (Å²) in [5.41, 5.74) is 0.0388. The molecule has 1 fully saturated rings. The Hall–Kier alpha value is -1.76. The summed E-state index contributed by atoms with van der Waals surface area (Å²) in [7, 11) is 1.36. The molecule has 1 N–H and O–H groups in total. The first kappa shape index (κ1) is 17.6. The summed E-state index contributed by atoms with van der Waals surface area (Å²) >= 11 is 0. The summed E-state index contributed by atoms with van der Waals surface area (Å²) in [4.78, 5) is 13.8. The fraction of sp³-hybridized carbons (Fsp3) is 0.562. The van der Waals surface area contributed by atoms with E-state index in [1.54, 1.807) is 0 Å². The van der Waals surface area contributed by atoms with Crippen LogP contribution in [0.25, 0.3) is 0 Å². The minimum atomic E-state index is -4.45. The summed E-state index contributed by atoms with van der Waals surface area (Å²) in [6.45, 7) is 1.35. The largest absolute Gasteiger partial charge is 0.416 e. The van der Waals surface area contributed by atoms with E-state index in [4.69, 9.17) is 4.74 Å². The Kier molecular flexibility index (Phi) is 5.87. The van der Waals surface area contributed by atoms with Crippen molar-refractivity contribution >= 4 is 17.3 Å². The molecule has 0 spiro atoms. The minimum absolute atomic E-state index is 0.184. The molecule has 0 aromatic heterocycles. The van der Waals surface area contributed by atoms with Crippen LogP contribution >= 0.6 is 0 Å². The Morgan fingerprint density at radius 3 is 2.43 bits per heavy atom. The molecule has 1 aliphatic rings. The molecule has 1 saturated heterocycles. The Morgan fingerprint density at radius 1 is 1.22 bits per heavy atom. The first-order valence-corrected chi connectivity index (χ1v) is 7.67. The molecule has 23 heavy (non-hydrogen) atoms. The summed E-state index contributed by atoms with van der Waals surface area (Å²) in [6, 6.07) is 3.50. The number of ether oxygens (including phenoxy) is 1. The van der Waals surface area contributed by atoms with Crippen molar-refractivity contribution in [3.05, 3.63) is 23.8 Å². The molecule has 0 atom stereocenters. The van der Waals surface area contributed by atoms with Crippen molar-refractivity contribution in [3.8, 4) is 0 Å². The second-order valence-electron chi connectivity index (χ2n) is 5.61. The van der Waals surface area contributed by atoms with Gasteiger partial charge in [0, 0.05) is 20.2 Å². The Labute approximate surface area is 133 Å². The van der Waals surface area contributed by atoms with E-state index in [-0.39, 0.29) is 12.3 Å². The molecule has 1 aliphatic heterocycles. The number of carbonyl (C=O) groups excluding carboxylic acids is 1. The maximum absolute atomic E-state index is 12.9. The molecule has 128 valence electrons. The van der Waals surface area contributed by atoms with Crippen molar-refractivity contribution in [2.75, 3.05) is 37.0 Å². The number of benzene rings is 1. The SMILES string of the molecule is COCC(=O)Nc1cc(C(F)(F)F)ccc1N1CCCCCC1. The van der Waals surface area contributed by atoms with E-state index in [9.17, 15) is 18.0 Å². The van der Waals surface area contributed by atoms with Gasteiger partial charge in [-0.1, -0.05) is 12.8 Å². The number of nitrogens with one attached hydrogen (secondary N) is 1. The van der Waals surface area contributed by atoms with Crippen molar-refractivity contribution in [2.24, 2.45) is 0 Å². The van der Waals surface area contributed by atoms with Gasteiger partial charge in [-0.15, -0.1) is 0 Å². The van der Waals surface area contributed by atoms with E-state index in [2.05, 4.69) is 5.32 Å². The zero-order chi connectivity index (χ0) is 16.9. The number of carbonyl (C=O) groups is 1. The molecule has 0 saturated carbocycles. The van der Waals surface area contributed by atoms with E-state index in [0.29, 0.717) is 5.69 Å². The lowest BCUT2D eigenvalue weighted by Crippen LogP contribution is -2.27. The quantitative estimate of drug-likeness (QED) is 0.916. The van der Waals surface area contributed by atoms with Crippen molar-refractivity contribution in [3.63, 3.8) is 0 Å². The lowest BCUT2D eigenvalue weighted by atomic mass is 10.1. The number of hydrogen-bond donors (Lipinski definition) is 1. The van der Waals surface area contributed by atoms with E-state index in [1.807, 2.05) is 4.90 Å². The second kappa shape index (κ2) is 7.68. The van der Waals surface area contributed by atoms with Crippen LogP contribution in [-0.4, -0.2) is 32.7 Å². The molecule has 0 unspecified atom stereocenters. The molecule has 0 aliphatic carbocycles. The van der Waals surface area contributed by atoms with Crippen LogP contribution in [0.4, 0.5) is 24.5 Å². The number of methoxy groups -OCH3 is 1. The van der Waals surface area contributed by atoms with Gasteiger partial charge in [-0.3, -0.25) is 4.79 Å². The highest BCUT2D eigenvalue weighted by Gasteiger charge is 2.31. The van der Waals surface area contributed by atoms with Crippen LogP contribution in [-0.2, 0) is 15.7 Å². The highest BCUT2D eigenvalue weighted by atomic mass is 19.4. The molecule has 1 aromatic rings. The summed E-state index contributed by atoms with van der Waals surface area (Å²) < 4.78 is 43.6. The van der Waals surface area contributed by atoms with Gasteiger partial charge in [0.05, 0.1) is 16.9 Å². The average Bonchev–Trinajstić information content (AvgIpc) is 2.75. The van der Waals surface area contributed by atoms with Crippen LogP contribution in [0.3, 0.4) is 0 Å². The molecular weight excluding hydrogens is 309 g/mol. The molecule has 0 radical (unpaired) electrons. The Balaban J connectivity index is 2.33. The zero-order valence-electron chi connectivity index (χ0n) is 13.1. The predicted molar refractivity (Wildman–Crippen MR) is 82.6 cm³/mol. The van der Waals surface area contributed by atoms with Crippen molar-refractivity contribution < 1.29 is 22.7 Å². The molecule has 7 heteroatoms. The van der Waals surface area contributed by atoms with Crippen molar-refractivity contribution in [1.29, 1.82) is 0 Å². The van der Waals surface area contributed by atoms with Crippen LogP contribution < -0.4 is 10.2 Å². The molecule has 0 bridgehead atoms. The van der Waals surface area contributed by atoms with Gasteiger partial charge in [0.2, 0.25) is 5.91 Å². The van der Waals surface area contributed by atoms with Gasteiger partial charge in [0.1, 0.15) is 6.61 Å². The van der Waals surface area contributed by atoms with Gasteiger partial charge >= 0.3 is 6.18 Å². The second-order valence-corrected chi connectivity index (χ2v) is 5.61. The van der Waals surface area contributed by atoms with Crippen LogP contribution in [0.15, 0.2) is 18.2 Å². The van der Waals surface area contributed by atoms with Gasteiger partial charge in [-0.05, 0) is 31.0 Å². The number of anilines is 2. The van der Waals surface area contributed by atoms with E-state index < -0.39 is 17.6 Å². The zero-order valence-corrected chi connectivity index (χ0v) is 13.1. The highest BCUT2D eigenvalue weighted by Crippen LogP contribution is 2.36. The number of nitrogens with zero attached hydrogens (tertiary/aromatic N) is 1. The molecule has 4 nitrogen and oxygen atoms in total. The molecule has 2 rings (SSSR count). The number of rotatable bonds is 4. The fourth-order valence-electron chi connectivity index (χ4n) is 2.72. The number of hydrogen-bond acceptors (Lipinski definition) is 3. The first-order valence-electron chi connectivity index (χ1n) is 7.67. The summed E-state index contributed by atoms with van der Waals surface area (Å²) in [5, 5.41) is 2.54. The van der Waals surface area contributed by atoms with Gasteiger partial charge in [-0.25, -0.2) is 0 Å². The third kappa shape index (κ3) is 4.86. The summed E-state index contributed by atoms with van der Waals surface area (Å²) in [5.74, 6) is -0.470. The molecule has 1 amide bonds. The lowest BCUT2D eigenvalue weighted by Gasteiger charge is -2.26. The van der Waals surface area contributed by atoms with E-state index in [1.165, 1.54) is 13.2 Å². The van der Waals surface area contributed by atoms with Crippen molar-refractivity contribution in [2.45, 2.75) is 31.9 Å². The Morgan fingerprint density at radius 2 is 1.87 bits per heavy atom. The third-order valence-corrected chi connectivity index (χ3v) is 3.82. The minimum Gasteiger partial charge on any atom is -0.375 e. The standard InChI is InChI=1S/C16H21F3N2O2/c1-23-11-15(22)20-13-10-12(16(17,18)19)6-7-14(13)21-8-4-2-3-5-9-21/h6-7,10H,2-5,8-9,11H2,1H3,(H,20,22). The van der Waals surface area contributed by atoms with Gasteiger partial charge in [0.25, 0.3) is 0 Å².